The molecule has 12 nitrogen and oxygen atoms in total. The third-order valence-corrected chi connectivity index (χ3v) is 6.70. The van der Waals surface area contributed by atoms with Gasteiger partial charge in [-0.25, -0.2) is 14.2 Å². The van der Waals surface area contributed by atoms with E-state index in [0.717, 1.165) is 6.92 Å². The number of hydrogen-bond acceptors (Lipinski definition) is 9. The zero-order valence-corrected chi connectivity index (χ0v) is 21.4. The predicted molar refractivity (Wildman–Crippen MR) is 134 cm³/mol. The molecule has 2 aliphatic rings. The topological polar surface area (TPSA) is 149 Å². The molecule has 0 bridgehead atoms. The molecule has 1 aromatic carbocycles. The van der Waals surface area contributed by atoms with E-state index in [-0.39, 0.29) is 29.1 Å². The van der Waals surface area contributed by atoms with Crippen LogP contribution < -0.4 is 5.32 Å². The van der Waals surface area contributed by atoms with Crippen LogP contribution >= 0.6 is 11.6 Å². The van der Waals surface area contributed by atoms with Crippen LogP contribution in [0, 0.1) is 11.8 Å². The summed E-state index contributed by atoms with van der Waals surface area (Å²) in [5.41, 5.74) is -0.247. The largest absolute Gasteiger partial charge is 0.456 e. The first-order chi connectivity index (χ1) is 20.0. The highest BCUT2D eigenvalue weighted by atomic mass is 35.5. The molecule has 40 heavy (non-hydrogen) atoms. The van der Waals surface area contributed by atoms with Crippen molar-refractivity contribution in [1.29, 1.82) is 0 Å². The Balaban J connectivity index is 1.32. The molecule has 206 valence electrons. The molecule has 2 amide bonds. The first-order valence-corrected chi connectivity index (χ1v) is 12.2. The van der Waals surface area contributed by atoms with Crippen LogP contribution in [0.15, 0.2) is 36.6 Å². The van der Waals surface area contributed by atoms with Crippen LogP contribution in [-0.2, 0) is 19.1 Å². The Morgan fingerprint density at radius 3 is 2.77 bits per heavy atom. The van der Waals surface area contributed by atoms with Crippen molar-refractivity contribution in [2.24, 2.45) is 0 Å². The lowest BCUT2D eigenvalue weighted by Crippen LogP contribution is -2.47. The standard InChI is InChI=1S/C25H20ClF2N7O5/c1-12(36)30-20-7-3-15(24(28)31-20)19(37)10-40-25(39)18-5-2-14-8-13(9-21(38)35(14)18)22-17(34-11-29-32-33-34)6-4-16(26)23(22)27/h3-4,6-7,9,11,14,18H,2,5,8,10H2,1H3,(H,30,31,36)/t14-,18+/m1/s1/i3D,7D. The average molecular weight is 574 g/mol. The van der Waals surface area contributed by atoms with Crippen molar-refractivity contribution in [2.45, 2.75) is 38.3 Å². The van der Waals surface area contributed by atoms with Crippen molar-refractivity contribution >= 4 is 46.6 Å². The quantitative estimate of drug-likeness (QED) is 0.255. The first kappa shape index (κ1) is 24.5. The molecular weight excluding hydrogens is 552 g/mol. The number of carbonyl (C=O) groups is 4. The number of fused-ring (bicyclic) bond motifs is 1. The molecule has 0 saturated carbocycles. The summed E-state index contributed by atoms with van der Waals surface area (Å²) in [4.78, 5) is 54.6. The lowest BCUT2D eigenvalue weighted by atomic mass is 9.92. The van der Waals surface area contributed by atoms with Crippen molar-refractivity contribution < 1.29 is 35.4 Å². The maximum absolute atomic E-state index is 15.2. The fourth-order valence-corrected chi connectivity index (χ4v) is 4.90. The molecule has 0 spiro atoms. The summed E-state index contributed by atoms with van der Waals surface area (Å²) in [5.74, 6) is -6.02. The van der Waals surface area contributed by atoms with Gasteiger partial charge in [0.2, 0.25) is 23.5 Å². The molecule has 2 aliphatic heterocycles. The summed E-state index contributed by atoms with van der Waals surface area (Å²) in [7, 11) is 0. The zero-order valence-electron chi connectivity index (χ0n) is 22.7. The molecule has 15 heteroatoms. The number of aromatic nitrogens is 5. The number of esters is 1. The molecule has 1 N–H and O–H groups in total. The van der Waals surface area contributed by atoms with Crippen LogP contribution in [0.4, 0.5) is 14.6 Å². The Hall–Kier alpha value is -4.59. The summed E-state index contributed by atoms with van der Waals surface area (Å²) in [6, 6.07) is -0.250. The van der Waals surface area contributed by atoms with Gasteiger partial charge in [0.15, 0.2) is 12.4 Å². The number of benzene rings is 1. The van der Waals surface area contributed by atoms with Crippen molar-refractivity contribution in [3.63, 3.8) is 0 Å². The second kappa shape index (κ2) is 10.9. The minimum atomic E-state index is -1.42. The van der Waals surface area contributed by atoms with Crippen molar-refractivity contribution in [2.75, 3.05) is 11.9 Å². The highest BCUT2D eigenvalue weighted by Crippen LogP contribution is 2.40. The number of halogens is 3. The van der Waals surface area contributed by atoms with Crippen LogP contribution in [-0.4, -0.2) is 72.3 Å². The monoisotopic (exact) mass is 573 g/mol. The molecule has 1 saturated heterocycles. The Morgan fingerprint density at radius 1 is 1.25 bits per heavy atom. The number of amides is 2. The Labute approximate surface area is 232 Å². The number of hydrogen-bond donors (Lipinski definition) is 1. The summed E-state index contributed by atoms with van der Waals surface area (Å²) in [5, 5.41) is 12.8. The van der Waals surface area contributed by atoms with E-state index >= 15 is 4.39 Å². The van der Waals surface area contributed by atoms with E-state index in [1.165, 1.54) is 34.1 Å². The normalized spacial score (nSPS) is 18.9. The summed E-state index contributed by atoms with van der Waals surface area (Å²) in [6.45, 7) is 0.122. The molecule has 4 heterocycles. The molecule has 2 atom stereocenters. The van der Waals surface area contributed by atoms with E-state index in [9.17, 15) is 23.6 Å². The minimum Gasteiger partial charge on any atom is -0.456 e. The van der Waals surface area contributed by atoms with E-state index in [2.05, 4.69) is 25.8 Å². The van der Waals surface area contributed by atoms with Gasteiger partial charge in [-0.1, -0.05) is 11.6 Å². The first-order valence-electron chi connectivity index (χ1n) is 12.9. The number of ether oxygens (including phenoxy) is 1. The van der Waals surface area contributed by atoms with E-state index < -0.39 is 77.5 Å². The third kappa shape index (κ3) is 5.17. The Bertz CT molecular complexity index is 1670. The lowest BCUT2D eigenvalue weighted by Gasteiger charge is -2.33. The Kier molecular flexibility index (Phi) is 6.65. The zero-order chi connectivity index (χ0) is 30.3. The second-order valence-corrected chi connectivity index (χ2v) is 9.37. The van der Waals surface area contributed by atoms with Crippen LogP contribution in [0.2, 0.25) is 5.02 Å². The number of carbonyl (C=O) groups excluding carboxylic acids is 4. The van der Waals surface area contributed by atoms with Crippen molar-refractivity contribution in [3.8, 4) is 5.69 Å². The number of pyridine rings is 1. The number of tetrazole rings is 1. The van der Waals surface area contributed by atoms with Gasteiger partial charge < -0.3 is 15.0 Å². The van der Waals surface area contributed by atoms with Crippen molar-refractivity contribution in [3.05, 3.63) is 64.5 Å². The number of nitrogens with one attached hydrogen (secondary N) is 1. The fourth-order valence-electron chi connectivity index (χ4n) is 4.74. The molecule has 5 rings (SSSR count). The van der Waals surface area contributed by atoms with Crippen LogP contribution in [0.1, 0.15) is 44.8 Å². The van der Waals surface area contributed by atoms with Crippen LogP contribution in [0.3, 0.4) is 0 Å². The van der Waals surface area contributed by atoms with Gasteiger partial charge in [0, 0.05) is 24.6 Å². The van der Waals surface area contributed by atoms with Gasteiger partial charge in [0.1, 0.15) is 18.2 Å². The Morgan fingerprint density at radius 2 is 2.05 bits per heavy atom. The maximum Gasteiger partial charge on any atom is 0.329 e. The molecule has 0 radical (unpaired) electrons. The molecule has 0 unspecified atom stereocenters. The minimum absolute atomic E-state index is 0.0412. The summed E-state index contributed by atoms with van der Waals surface area (Å²) >= 11 is 6.03. The average Bonchev–Trinajstić information content (AvgIpc) is 3.62. The number of rotatable bonds is 7. The number of anilines is 1. The highest BCUT2D eigenvalue weighted by Gasteiger charge is 2.44. The molecular formula is C25H20ClF2N7O5. The molecule has 0 aliphatic carbocycles. The third-order valence-electron chi connectivity index (χ3n) is 6.41. The van der Waals surface area contributed by atoms with Gasteiger partial charge in [-0.3, -0.25) is 14.4 Å². The van der Waals surface area contributed by atoms with Gasteiger partial charge in [-0.05, 0) is 59.5 Å². The highest BCUT2D eigenvalue weighted by molar-refractivity contribution is 6.31. The fraction of sp³-hybridized carbons (Fsp3) is 0.280. The van der Waals surface area contributed by atoms with Crippen LogP contribution in [0.5, 0.6) is 0 Å². The van der Waals surface area contributed by atoms with E-state index in [4.69, 9.17) is 19.1 Å². The maximum atomic E-state index is 15.2. The van der Waals surface area contributed by atoms with Gasteiger partial charge >= 0.3 is 5.97 Å². The van der Waals surface area contributed by atoms with Gasteiger partial charge in [0.05, 0.1) is 19.0 Å². The van der Waals surface area contributed by atoms with E-state index in [1.807, 2.05) is 0 Å². The van der Waals surface area contributed by atoms with Crippen LogP contribution in [0.25, 0.3) is 11.3 Å². The van der Waals surface area contributed by atoms with E-state index in [1.54, 1.807) is 0 Å². The van der Waals surface area contributed by atoms with Gasteiger partial charge in [0.25, 0.3) is 0 Å². The molecule has 3 aromatic rings. The number of Topliss-reactive ketones (excluding diaryl/α,β-unsaturated/α-hetero) is 1. The molecule has 2 aromatic heterocycles. The van der Waals surface area contributed by atoms with Gasteiger partial charge in [-0.2, -0.15) is 9.07 Å². The van der Waals surface area contributed by atoms with Crippen molar-refractivity contribution in [1.82, 2.24) is 30.1 Å². The molecule has 1 fully saturated rings. The smallest absolute Gasteiger partial charge is 0.329 e. The second-order valence-electron chi connectivity index (χ2n) is 8.96. The van der Waals surface area contributed by atoms with E-state index in [0.29, 0.717) is 12.0 Å². The number of ketones is 1. The summed E-state index contributed by atoms with van der Waals surface area (Å²) in [6.07, 6.45) is 3.18. The predicted octanol–water partition coefficient (Wildman–Crippen LogP) is 2.52. The summed E-state index contributed by atoms with van der Waals surface area (Å²) < 4.78 is 51.9. The van der Waals surface area contributed by atoms with Gasteiger partial charge in [-0.15, -0.1) is 5.10 Å². The number of nitrogens with zero attached hydrogens (tertiary/aromatic N) is 6. The SMILES string of the molecule is [2H]c1c(NC(C)=O)nc(F)c(C(=O)COC(=O)[C@@H]2CC[C@@H]3CC(c4c(-n5cnnn5)ccc(Cl)c4F)=CC(=O)N32)c1[2H]. The lowest BCUT2D eigenvalue weighted by molar-refractivity contribution is -0.152.